The van der Waals surface area contributed by atoms with Gasteiger partial charge in [0.2, 0.25) is 0 Å². The fourth-order valence-corrected chi connectivity index (χ4v) is 3.23. The van der Waals surface area contributed by atoms with Gasteiger partial charge in [-0.1, -0.05) is 39.0 Å². The van der Waals surface area contributed by atoms with Crippen molar-refractivity contribution in [1.29, 1.82) is 0 Å². The second-order valence-electron chi connectivity index (χ2n) is 7.02. The Kier molecular flexibility index (Phi) is 4.52. The van der Waals surface area contributed by atoms with Crippen LogP contribution in [0.5, 0.6) is 5.75 Å². The van der Waals surface area contributed by atoms with E-state index in [4.69, 9.17) is 4.74 Å². The number of hydrogen-bond donors (Lipinski definition) is 0. The summed E-state index contributed by atoms with van der Waals surface area (Å²) in [7, 11) is 1.69. The number of carbonyl (C=O) groups excluding carboxylic acids is 1. The summed E-state index contributed by atoms with van der Waals surface area (Å²) in [5.41, 5.74) is 1.45. The second kappa shape index (κ2) is 5.99. The monoisotopic (exact) mass is 274 g/mol. The standard InChI is InChI=1S/C18H26O2/c1-18(2,3)15-9-10-16(19)14(12-15)11-13-7-5-6-8-17(13)20-4/h5-8,14-15H,9-12H2,1-4H3. The van der Waals surface area contributed by atoms with Crippen LogP contribution in [0.25, 0.3) is 0 Å². The van der Waals surface area contributed by atoms with Crippen molar-refractivity contribution in [2.75, 3.05) is 7.11 Å². The summed E-state index contributed by atoms with van der Waals surface area (Å²) in [5.74, 6) is 2.12. The van der Waals surface area contributed by atoms with Crippen LogP contribution in [-0.2, 0) is 11.2 Å². The quantitative estimate of drug-likeness (QED) is 0.822. The van der Waals surface area contributed by atoms with Crippen molar-refractivity contribution in [3.8, 4) is 5.75 Å². The third-order valence-corrected chi connectivity index (χ3v) is 4.65. The summed E-state index contributed by atoms with van der Waals surface area (Å²) in [6.45, 7) is 6.86. The number of benzene rings is 1. The largest absolute Gasteiger partial charge is 0.496 e. The van der Waals surface area contributed by atoms with E-state index < -0.39 is 0 Å². The second-order valence-corrected chi connectivity index (χ2v) is 7.02. The number of carbonyl (C=O) groups is 1. The van der Waals surface area contributed by atoms with Gasteiger partial charge in [0.15, 0.2) is 0 Å². The average Bonchev–Trinajstić information content (AvgIpc) is 2.40. The van der Waals surface area contributed by atoms with Crippen molar-refractivity contribution in [2.45, 2.75) is 46.5 Å². The number of Topliss-reactive ketones (excluding diaryl/α,β-unsaturated/α-hetero) is 1. The fraction of sp³-hybridized carbons (Fsp3) is 0.611. The van der Waals surface area contributed by atoms with Gasteiger partial charge in [0.25, 0.3) is 0 Å². The molecule has 0 radical (unpaired) electrons. The highest BCUT2D eigenvalue weighted by Crippen LogP contribution is 2.40. The van der Waals surface area contributed by atoms with E-state index in [2.05, 4.69) is 26.8 Å². The van der Waals surface area contributed by atoms with Crippen LogP contribution in [0.3, 0.4) is 0 Å². The molecule has 2 unspecified atom stereocenters. The molecule has 0 aliphatic heterocycles. The molecule has 1 saturated carbocycles. The van der Waals surface area contributed by atoms with E-state index in [0.717, 1.165) is 37.0 Å². The molecule has 1 aliphatic carbocycles. The van der Waals surface area contributed by atoms with Crippen molar-refractivity contribution in [2.24, 2.45) is 17.3 Å². The zero-order chi connectivity index (χ0) is 14.8. The molecular formula is C18H26O2. The number of rotatable bonds is 3. The van der Waals surface area contributed by atoms with Gasteiger partial charge in [0, 0.05) is 12.3 Å². The van der Waals surface area contributed by atoms with E-state index in [1.165, 1.54) is 0 Å². The van der Waals surface area contributed by atoms with Crippen LogP contribution in [0.2, 0.25) is 0 Å². The fourth-order valence-electron chi connectivity index (χ4n) is 3.23. The highest BCUT2D eigenvalue weighted by molar-refractivity contribution is 5.82. The van der Waals surface area contributed by atoms with Crippen molar-refractivity contribution < 1.29 is 9.53 Å². The lowest BCUT2D eigenvalue weighted by atomic mass is 9.67. The predicted octanol–water partition coefficient (Wildman–Crippen LogP) is 4.27. The van der Waals surface area contributed by atoms with Gasteiger partial charge < -0.3 is 4.74 Å². The normalized spacial score (nSPS) is 23.7. The van der Waals surface area contributed by atoms with Crippen LogP contribution in [-0.4, -0.2) is 12.9 Å². The molecule has 0 spiro atoms. The molecule has 0 aromatic heterocycles. The third kappa shape index (κ3) is 3.41. The molecule has 0 saturated heterocycles. The number of hydrogen-bond acceptors (Lipinski definition) is 2. The van der Waals surface area contributed by atoms with Gasteiger partial charge in [0.1, 0.15) is 11.5 Å². The molecular weight excluding hydrogens is 248 g/mol. The summed E-state index contributed by atoms with van der Waals surface area (Å²) < 4.78 is 5.40. The molecule has 0 amide bonds. The van der Waals surface area contributed by atoms with Crippen LogP contribution in [0.1, 0.15) is 45.6 Å². The van der Waals surface area contributed by atoms with Gasteiger partial charge in [-0.25, -0.2) is 0 Å². The molecule has 1 fully saturated rings. The maximum atomic E-state index is 12.2. The molecule has 0 bridgehead atoms. The van der Waals surface area contributed by atoms with Gasteiger partial charge in [-0.3, -0.25) is 4.79 Å². The van der Waals surface area contributed by atoms with Gasteiger partial charge in [-0.15, -0.1) is 0 Å². The smallest absolute Gasteiger partial charge is 0.136 e. The van der Waals surface area contributed by atoms with Gasteiger partial charge in [-0.2, -0.15) is 0 Å². The minimum absolute atomic E-state index is 0.157. The highest BCUT2D eigenvalue weighted by atomic mass is 16.5. The molecule has 2 atom stereocenters. The van der Waals surface area contributed by atoms with Crippen molar-refractivity contribution in [3.63, 3.8) is 0 Å². The summed E-state index contributed by atoms with van der Waals surface area (Å²) >= 11 is 0. The average molecular weight is 274 g/mol. The number of ketones is 1. The van der Waals surface area contributed by atoms with E-state index in [-0.39, 0.29) is 5.92 Å². The van der Waals surface area contributed by atoms with E-state index in [0.29, 0.717) is 17.1 Å². The Labute approximate surface area is 122 Å². The molecule has 2 nitrogen and oxygen atoms in total. The maximum Gasteiger partial charge on any atom is 0.136 e. The SMILES string of the molecule is COc1ccccc1CC1CC(C(C)(C)C)CCC1=O. The molecule has 0 heterocycles. The van der Waals surface area contributed by atoms with E-state index in [9.17, 15) is 4.79 Å². The van der Waals surface area contributed by atoms with Gasteiger partial charge in [0.05, 0.1) is 7.11 Å². The molecule has 2 rings (SSSR count). The Bertz CT molecular complexity index is 471. The zero-order valence-corrected chi connectivity index (χ0v) is 13.1. The van der Waals surface area contributed by atoms with E-state index in [1.807, 2.05) is 18.2 Å². The lowest BCUT2D eigenvalue weighted by Crippen LogP contribution is -2.33. The van der Waals surface area contributed by atoms with Crippen LogP contribution in [0.4, 0.5) is 0 Å². The predicted molar refractivity (Wildman–Crippen MR) is 82.0 cm³/mol. The lowest BCUT2D eigenvalue weighted by Gasteiger charge is -2.37. The van der Waals surface area contributed by atoms with Gasteiger partial charge >= 0.3 is 0 Å². The molecule has 2 heteroatoms. The first-order chi connectivity index (χ1) is 9.41. The highest BCUT2D eigenvalue weighted by Gasteiger charge is 2.35. The van der Waals surface area contributed by atoms with Crippen LogP contribution < -0.4 is 4.74 Å². The lowest BCUT2D eigenvalue weighted by molar-refractivity contribution is -0.126. The zero-order valence-electron chi connectivity index (χ0n) is 13.1. The Balaban J connectivity index is 2.12. The number of ether oxygens (including phenoxy) is 1. The van der Waals surface area contributed by atoms with Crippen molar-refractivity contribution in [1.82, 2.24) is 0 Å². The molecule has 1 aromatic rings. The summed E-state index contributed by atoms with van der Waals surface area (Å²) in [5, 5.41) is 0. The van der Waals surface area contributed by atoms with E-state index >= 15 is 0 Å². The van der Waals surface area contributed by atoms with Crippen molar-refractivity contribution >= 4 is 5.78 Å². The minimum Gasteiger partial charge on any atom is -0.496 e. The minimum atomic E-state index is 0.157. The Morgan fingerprint density at radius 1 is 1.25 bits per heavy atom. The van der Waals surface area contributed by atoms with Crippen LogP contribution in [0, 0.1) is 17.3 Å². The van der Waals surface area contributed by atoms with E-state index in [1.54, 1.807) is 7.11 Å². The molecule has 1 aromatic carbocycles. The first-order valence-corrected chi connectivity index (χ1v) is 7.56. The first kappa shape index (κ1) is 15.1. The van der Waals surface area contributed by atoms with Gasteiger partial charge in [-0.05, 0) is 42.2 Å². The maximum absolute atomic E-state index is 12.2. The Morgan fingerprint density at radius 3 is 2.60 bits per heavy atom. The summed E-state index contributed by atoms with van der Waals surface area (Å²) in [4.78, 5) is 12.2. The first-order valence-electron chi connectivity index (χ1n) is 7.56. The third-order valence-electron chi connectivity index (χ3n) is 4.65. The molecule has 20 heavy (non-hydrogen) atoms. The topological polar surface area (TPSA) is 26.3 Å². The summed E-state index contributed by atoms with van der Waals surface area (Å²) in [6.07, 6.45) is 3.61. The van der Waals surface area contributed by atoms with Crippen LogP contribution in [0.15, 0.2) is 24.3 Å². The Morgan fingerprint density at radius 2 is 1.95 bits per heavy atom. The Hall–Kier alpha value is -1.31. The molecule has 0 N–H and O–H groups in total. The molecule has 110 valence electrons. The number of para-hydroxylation sites is 1. The molecule has 1 aliphatic rings. The van der Waals surface area contributed by atoms with Crippen molar-refractivity contribution in [3.05, 3.63) is 29.8 Å². The van der Waals surface area contributed by atoms with Crippen LogP contribution >= 0.6 is 0 Å². The number of methoxy groups -OCH3 is 1. The summed E-state index contributed by atoms with van der Waals surface area (Å²) in [6, 6.07) is 8.05.